The molecule has 2 nitrogen and oxygen atoms in total. The molecular formula is C19H18INO. The first kappa shape index (κ1) is 14.1. The lowest BCUT2D eigenvalue weighted by Gasteiger charge is -2.45. The van der Waals surface area contributed by atoms with Gasteiger partial charge in [-0.2, -0.15) is 0 Å². The van der Waals surface area contributed by atoms with Crippen LogP contribution in [0.5, 0.6) is 5.75 Å². The van der Waals surface area contributed by atoms with Crippen LogP contribution < -0.4 is 9.64 Å². The Kier molecular flexibility index (Phi) is 2.89. The highest BCUT2D eigenvalue weighted by Gasteiger charge is 2.57. The van der Waals surface area contributed by atoms with Gasteiger partial charge in [0.05, 0.1) is 5.41 Å². The molecule has 0 aromatic heterocycles. The quantitative estimate of drug-likeness (QED) is 0.585. The zero-order valence-corrected chi connectivity index (χ0v) is 15.1. The third kappa shape index (κ3) is 1.66. The number of fused-ring (bicyclic) bond motifs is 2. The highest BCUT2D eigenvalue weighted by Crippen LogP contribution is 2.54. The summed E-state index contributed by atoms with van der Waals surface area (Å²) in [5.74, 6) is 0.954. The molecule has 2 aromatic carbocycles. The van der Waals surface area contributed by atoms with E-state index in [1.165, 1.54) is 14.8 Å². The standard InChI is InChI=1S/C19H18INO/c1-18(2)15-6-4-5-7-16(15)21(3)19(18)11-10-13-12-14(20)8-9-17(13)22-19/h4-12H,1-3H3/t19-/m1/s1. The van der Waals surface area contributed by atoms with Crippen molar-refractivity contribution in [2.24, 2.45) is 0 Å². The zero-order chi connectivity index (χ0) is 15.5. The zero-order valence-electron chi connectivity index (χ0n) is 12.9. The van der Waals surface area contributed by atoms with E-state index in [1.807, 2.05) is 0 Å². The summed E-state index contributed by atoms with van der Waals surface area (Å²) in [4.78, 5) is 2.26. The predicted molar refractivity (Wildman–Crippen MR) is 99.4 cm³/mol. The van der Waals surface area contributed by atoms with E-state index in [9.17, 15) is 0 Å². The van der Waals surface area contributed by atoms with Gasteiger partial charge in [0.15, 0.2) is 0 Å². The molecule has 0 saturated heterocycles. The van der Waals surface area contributed by atoms with E-state index in [0.717, 1.165) is 11.3 Å². The summed E-state index contributed by atoms with van der Waals surface area (Å²) in [6.07, 6.45) is 4.41. The number of anilines is 1. The molecule has 3 heteroatoms. The van der Waals surface area contributed by atoms with Crippen LogP contribution in [0.2, 0.25) is 0 Å². The molecule has 1 spiro atoms. The SMILES string of the molecule is CN1c2ccccc2C(C)(C)[C@]12C=Cc1cc(I)ccc1O2. The Balaban J connectivity index is 1.89. The van der Waals surface area contributed by atoms with Gasteiger partial charge in [0, 0.05) is 21.9 Å². The average molecular weight is 403 g/mol. The number of halogens is 1. The molecule has 2 aliphatic rings. The van der Waals surface area contributed by atoms with E-state index >= 15 is 0 Å². The first-order valence-corrected chi connectivity index (χ1v) is 8.55. The molecule has 0 N–H and O–H groups in total. The number of rotatable bonds is 0. The molecule has 22 heavy (non-hydrogen) atoms. The molecule has 4 rings (SSSR count). The van der Waals surface area contributed by atoms with Crippen LogP contribution in [0.15, 0.2) is 48.5 Å². The van der Waals surface area contributed by atoms with Crippen molar-refractivity contribution in [2.75, 3.05) is 11.9 Å². The van der Waals surface area contributed by atoms with Gasteiger partial charge in [-0.1, -0.05) is 18.2 Å². The van der Waals surface area contributed by atoms with Crippen LogP contribution in [-0.2, 0) is 5.41 Å². The fourth-order valence-electron chi connectivity index (χ4n) is 3.75. The van der Waals surface area contributed by atoms with Crippen LogP contribution in [0.1, 0.15) is 25.0 Å². The van der Waals surface area contributed by atoms with Gasteiger partial charge >= 0.3 is 0 Å². The summed E-state index contributed by atoms with van der Waals surface area (Å²) in [5.41, 5.74) is 3.12. The smallest absolute Gasteiger partial charge is 0.211 e. The van der Waals surface area contributed by atoms with Crippen molar-refractivity contribution in [3.8, 4) is 5.75 Å². The van der Waals surface area contributed by atoms with Crippen molar-refractivity contribution < 1.29 is 4.74 Å². The number of hydrogen-bond acceptors (Lipinski definition) is 2. The van der Waals surface area contributed by atoms with Gasteiger partial charge in [-0.25, -0.2) is 0 Å². The molecule has 0 unspecified atom stereocenters. The van der Waals surface area contributed by atoms with Crippen LogP contribution in [0.25, 0.3) is 6.08 Å². The highest BCUT2D eigenvalue weighted by atomic mass is 127. The third-order valence-corrected chi connectivity index (χ3v) is 5.73. The first-order valence-electron chi connectivity index (χ1n) is 7.47. The second kappa shape index (κ2) is 4.51. The van der Waals surface area contributed by atoms with Gasteiger partial charge in [-0.15, -0.1) is 0 Å². The Bertz CT molecular complexity index is 796. The molecule has 0 saturated carbocycles. The fraction of sp³-hybridized carbons (Fsp3) is 0.263. The molecular weight excluding hydrogens is 385 g/mol. The number of benzene rings is 2. The fourth-order valence-corrected chi connectivity index (χ4v) is 4.26. The van der Waals surface area contributed by atoms with Crippen molar-refractivity contribution in [3.63, 3.8) is 0 Å². The van der Waals surface area contributed by atoms with Gasteiger partial charge in [0.25, 0.3) is 0 Å². The molecule has 0 bridgehead atoms. The average Bonchev–Trinajstić information content (AvgIpc) is 2.67. The van der Waals surface area contributed by atoms with E-state index in [-0.39, 0.29) is 5.41 Å². The van der Waals surface area contributed by atoms with Crippen LogP contribution in [0.3, 0.4) is 0 Å². The maximum absolute atomic E-state index is 6.58. The minimum atomic E-state index is -0.476. The number of likely N-dealkylation sites (N-methyl/N-ethyl adjacent to an activating group) is 1. The van der Waals surface area contributed by atoms with E-state index < -0.39 is 5.72 Å². The van der Waals surface area contributed by atoms with Crippen LogP contribution in [-0.4, -0.2) is 12.8 Å². The molecule has 2 heterocycles. The van der Waals surface area contributed by atoms with E-state index in [1.54, 1.807) is 0 Å². The number of para-hydroxylation sites is 1. The van der Waals surface area contributed by atoms with Crippen molar-refractivity contribution in [1.82, 2.24) is 0 Å². The summed E-state index contributed by atoms with van der Waals surface area (Å²) in [6, 6.07) is 14.9. The van der Waals surface area contributed by atoms with Crippen LogP contribution in [0, 0.1) is 3.57 Å². The number of nitrogens with zero attached hydrogens (tertiary/aromatic N) is 1. The normalized spacial score (nSPS) is 24.1. The minimum Gasteiger partial charge on any atom is -0.463 e. The maximum atomic E-state index is 6.58. The highest BCUT2D eigenvalue weighted by molar-refractivity contribution is 14.1. The number of hydrogen-bond donors (Lipinski definition) is 0. The summed E-state index contributed by atoms with van der Waals surface area (Å²) in [6.45, 7) is 4.52. The lowest BCUT2D eigenvalue weighted by Crippen LogP contribution is -2.58. The Hall–Kier alpha value is -1.49. The van der Waals surface area contributed by atoms with Gasteiger partial charge in [-0.3, -0.25) is 0 Å². The first-order chi connectivity index (χ1) is 10.5. The van der Waals surface area contributed by atoms with Crippen molar-refractivity contribution in [2.45, 2.75) is 25.0 Å². The van der Waals surface area contributed by atoms with Crippen molar-refractivity contribution >= 4 is 34.4 Å². The van der Waals surface area contributed by atoms with Gasteiger partial charge < -0.3 is 9.64 Å². The molecule has 1 atom stereocenters. The molecule has 0 aliphatic carbocycles. The van der Waals surface area contributed by atoms with Crippen LogP contribution >= 0.6 is 22.6 Å². The topological polar surface area (TPSA) is 12.5 Å². The third-order valence-electron chi connectivity index (χ3n) is 5.06. The summed E-state index contributed by atoms with van der Waals surface area (Å²) in [5, 5.41) is 0. The predicted octanol–water partition coefficient (Wildman–Crippen LogP) is 4.82. The van der Waals surface area contributed by atoms with Gasteiger partial charge in [0.2, 0.25) is 5.72 Å². The second-order valence-electron chi connectivity index (χ2n) is 6.52. The number of ether oxygens (including phenoxy) is 1. The molecule has 0 fully saturated rings. The minimum absolute atomic E-state index is 0.129. The maximum Gasteiger partial charge on any atom is 0.211 e. The Morgan fingerprint density at radius 2 is 1.86 bits per heavy atom. The van der Waals surface area contributed by atoms with E-state index in [0.29, 0.717) is 0 Å². The monoisotopic (exact) mass is 403 g/mol. The molecule has 0 radical (unpaired) electrons. The summed E-state index contributed by atoms with van der Waals surface area (Å²) >= 11 is 2.34. The molecule has 0 amide bonds. The van der Waals surface area contributed by atoms with Gasteiger partial charge in [0.1, 0.15) is 5.75 Å². The lowest BCUT2D eigenvalue weighted by atomic mass is 9.76. The molecule has 112 valence electrons. The Morgan fingerprint density at radius 3 is 2.64 bits per heavy atom. The Labute approximate surface area is 144 Å². The summed E-state index contributed by atoms with van der Waals surface area (Å²) in [7, 11) is 2.12. The van der Waals surface area contributed by atoms with Crippen LogP contribution in [0.4, 0.5) is 5.69 Å². The molecule has 2 aliphatic heterocycles. The van der Waals surface area contributed by atoms with Crippen molar-refractivity contribution in [1.29, 1.82) is 0 Å². The second-order valence-corrected chi connectivity index (χ2v) is 7.76. The Morgan fingerprint density at radius 1 is 1.09 bits per heavy atom. The van der Waals surface area contributed by atoms with E-state index in [4.69, 9.17) is 4.74 Å². The van der Waals surface area contributed by atoms with Crippen molar-refractivity contribution in [3.05, 3.63) is 63.2 Å². The molecule has 2 aromatic rings. The van der Waals surface area contributed by atoms with Gasteiger partial charge in [-0.05, 0) is 78.4 Å². The largest absolute Gasteiger partial charge is 0.463 e. The van der Waals surface area contributed by atoms with E-state index in [2.05, 4.69) is 103 Å². The summed E-state index contributed by atoms with van der Waals surface area (Å²) < 4.78 is 7.81. The lowest BCUT2D eigenvalue weighted by molar-refractivity contribution is 0.0581.